The van der Waals surface area contributed by atoms with E-state index in [2.05, 4.69) is 6.92 Å². The molecule has 166 valence electrons. The zero-order valence-corrected chi connectivity index (χ0v) is 18.1. The maximum atomic E-state index is 14.6. The summed E-state index contributed by atoms with van der Waals surface area (Å²) in [6.07, 6.45) is 3.21. The quantitative estimate of drug-likeness (QED) is 0.224. The van der Waals surface area contributed by atoms with Gasteiger partial charge in [-0.15, -0.1) is 11.6 Å². The van der Waals surface area contributed by atoms with Crippen molar-refractivity contribution in [1.82, 2.24) is 0 Å². The summed E-state index contributed by atoms with van der Waals surface area (Å²) < 4.78 is 38.4. The predicted molar refractivity (Wildman–Crippen MR) is 118 cm³/mol. The number of hydrogen-bond donors (Lipinski definition) is 0. The number of carbonyl (C=O) groups excluding carboxylic acids is 2. The molecule has 4 nitrogen and oxygen atoms in total. The Morgan fingerprint density at radius 1 is 0.875 bits per heavy atom. The Kier molecular flexibility index (Phi) is 7.95. The Morgan fingerprint density at radius 2 is 1.59 bits per heavy atom. The third kappa shape index (κ3) is 5.92. The minimum atomic E-state index is -0.978. The highest BCUT2D eigenvalue weighted by atomic mass is 35.5. The molecule has 0 aliphatic rings. The van der Waals surface area contributed by atoms with Crippen molar-refractivity contribution in [3.05, 3.63) is 83.4 Å². The second-order valence-corrected chi connectivity index (χ2v) is 7.35. The van der Waals surface area contributed by atoms with Crippen molar-refractivity contribution in [2.24, 2.45) is 0 Å². The third-order valence-corrected chi connectivity index (χ3v) is 4.96. The van der Waals surface area contributed by atoms with E-state index in [0.717, 1.165) is 37.0 Å². The number of carbonyl (C=O) groups is 2. The summed E-state index contributed by atoms with van der Waals surface area (Å²) in [6, 6.07) is 15.3. The maximum Gasteiger partial charge on any atom is 0.346 e. The van der Waals surface area contributed by atoms with Crippen molar-refractivity contribution in [3.63, 3.8) is 0 Å². The van der Waals surface area contributed by atoms with E-state index in [0.29, 0.717) is 5.56 Å². The molecule has 0 aromatic heterocycles. The lowest BCUT2D eigenvalue weighted by Gasteiger charge is -2.09. The first-order valence-corrected chi connectivity index (χ1v) is 10.6. The molecule has 0 N–H and O–H groups in total. The summed E-state index contributed by atoms with van der Waals surface area (Å²) >= 11 is 5.31. The fourth-order valence-electron chi connectivity index (χ4n) is 3.04. The Balaban J connectivity index is 1.71. The van der Waals surface area contributed by atoms with Crippen LogP contribution in [0.4, 0.5) is 8.78 Å². The van der Waals surface area contributed by atoms with E-state index in [1.54, 1.807) is 6.07 Å². The van der Waals surface area contributed by atoms with Crippen LogP contribution in [0.1, 0.15) is 35.7 Å². The smallest absolute Gasteiger partial charge is 0.346 e. The second kappa shape index (κ2) is 10.9. The van der Waals surface area contributed by atoms with Crippen LogP contribution in [-0.2, 0) is 11.2 Å². The number of unbranched alkanes of at least 4 members (excludes halogenated alkanes) is 1. The number of hydrogen-bond acceptors (Lipinski definition) is 4. The summed E-state index contributed by atoms with van der Waals surface area (Å²) in [6.45, 7) is 2.13. The van der Waals surface area contributed by atoms with Crippen LogP contribution in [0.25, 0.3) is 11.1 Å². The summed E-state index contributed by atoms with van der Waals surface area (Å²) in [7, 11) is 0. The molecule has 0 amide bonds. The highest BCUT2D eigenvalue weighted by Crippen LogP contribution is 2.26. The highest BCUT2D eigenvalue weighted by Gasteiger charge is 2.17. The Bertz CT molecular complexity index is 1110. The fraction of sp³-hybridized carbons (Fsp3) is 0.200. The van der Waals surface area contributed by atoms with E-state index in [1.165, 1.54) is 23.8 Å². The van der Waals surface area contributed by atoms with Crippen LogP contribution in [0.15, 0.2) is 60.7 Å². The fourth-order valence-corrected chi connectivity index (χ4v) is 3.10. The van der Waals surface area contributed by atoms with Crippen LogP contribution in [0, 0.1) is 11.6 Å². The first-order valence-electron chi connectivity index (χ1n) is 10.1. The molecule has 0 radical (unpaired) electrons. The zero-order chi connectivity index (χ0) is 23.1. The van der Waals surface area contributed by atoms with E-state index in [9.17, 15) is 18.4 Å². The summed E-state index contributed by atoms with van der Waals surface area (Å²) in [5, 5.41) is 0. The van der Waals surface area contributed by atoms with Crippen molar-refractivity contribution in [2.45, 2.75) is 26.2 Å². The van der Waals surface area contributed by atoms with E-state index in [4.69, 9.17) is 21.1 Å². The molecule has 3 aromatic carbocycles. The van der Waals surface area contributed by atoms with Crippen molar-refractivity contribution in [3.8, 4) is 22.6 Å². The number of rotatable bonds is 8. The predicted octanol–water partition coefficient (Wildman–Crippen LogP) is 6.34. The lowest BCUT2D eigenvalue weighted by Crippen LogP contribution is -2.12. The molecule has 0 heterocycles. The lowest BCUT2D eigenvalue weighted by atomic mass is 10.0. The average Bonchev–Trinajstić information content (AvgIpc) is 2.79. The van der Waals surface area contributed by atoms with Gasteiger partial charge in [-0.1, -0.05) is 43.7 Å². The largest absolute Gasteiger partial charge is 0.423 e. The van der Waals surface area contributed by atoms with Gasteiger partial charge in [0, 0.05) is 6.07 Å². The number of benzene rings is 3. The van der Waals surface area contributed by atoms with Crippen LogP contribution in [0.3, 0.4) is 0 Å². The van der Waals surface area contributed by atoms with Gasteiger partial charge in [0.25, 0.3) is 0 Å². The molecule has 0 fully saturated rings. The third-order valence-electron chi connectivity index (χ3n) is 4.74. The van der Waals surface area contributed by atoms with Gasteiger partial charge in [0.05, 0.1) is 5.56 Å². The molecule has 0 saturated carbocycles. The molecule has 0 aliphatic carbocycles. The van der Waals surface area contributed by atoms with Gasteiger partial charge in [-0.05, 0) is 53.8 Å². The van der Waals surface area contributed by atoms with Gasteiger partial charge in [0.2, 0.25) is 0 Å². The van der Waals surface area contributed by atoms with Crippen LogP contribution >= 0.6 is 11.6 Å². The molecule has 0 bridgehead atoms. The first kappa shape index (κ1) is 23.4. The van der Waals surface area contributed by atoms with E-state index in [-0.39, 0.29) is 17.1 Å². The standard InChI is InChI=1S/C25H21ClF2O4/c1-2-3-4-16-5-7-17(8-6-16)18-9-11-20(21(27)13-18)25(30)31-19-10-12-23(22(28)14-19)32-24(29)15-26/h5-14H,2-4,15H2,1H3. The monoisotopic (exact) mass is 458 g/mol. The van der Waals surface area contributed by atoms with E-state index < -0.39 is 29.5 Å². The van der Waals surface area contributed by atoms with Gasteiger partial charge in [-0.3, -0.25) is 4.79 Å². The van der Waals surface area contributed by atoms with Crippen molar-refractivity contribution in [2.75, 3.05) is 5.88 Å². The Labute approximate surface area is 189 Å². The van der Waals surface area contributed by atoms with Gasteiger partial charge in [0.1, 0.15) is 17.4 Å². The Hall–Kier alpha value is -3.25. The van der Waals surface area contributed by atoms with Crippen molar-refractivity contribution in [1.29, 1.82) is 0 Å². The van der Waals surface area contributed by atoms with E-state index in [1.807, 2.05) is 24.3 Å². The number of alkyl halides is 1. The molecule has 3 aromatic rings. The van der Waals surface area contributed by atoms with Crippen LogP contribution in [0.5, 0.6) is 11.5 Å². The van der Waals surface area contributed by atoms with Crippen LogP contribution < -0.4 is 9.47 Å². The van der Waals surface area contributed by atoms with Crippen LogP contribution in [0.2, 0.25) is 0 Å². The molecule has 32 heavy (non-hydrogen) atoms. The second-order valence-electron chi connectivity index (χ2n) is 7.08. The van der Waals surface area contributed by atoms with Gasteiger partial charge in [-0.25, -0.2) is 13.6 Å². The molecule has 0 aliphatic heterocycles. The number of aryl methyl sites for hydroxylation is 1. The zero-order valence-electron chi connectivity index (χ0n) is 17.4. The lowest BCUT2D eigenvalue weighted by molar-refractivity contribution is -0.131. The highest BCUT2D eigenvalue weighted by molar-refractivity contribution is 6.26. The molecular formula is C25H21ClF2O4. The average molecular weight is 459 g/mol. The number of esters is 2. The van der Waals surface area contributed by atoms with E-state index >= 15 is 0 Å². The first-order chi connectivity index (χ1) is 15.4. The summed E-state index contributed by atoms with van der Waals surface area (Å²) in [5.41, 5.74) is 2.38. The Morgan fingerprint density at radius 3 is 2.22 bits per heavy atom. The van der Waals surface area contributed by atoms with Gasteiger partial charge >= 0.3 is 11.9 Å². The molecule has 7 heteroatoms. The van der Waals surface area contributed by atoms with Crippen molar-refractivity contribution >= 4 is 23.5 Å². The maximum absolute atomic E-state index is 14.6. The van der Waals surface area contributed by atoms with Crippen LogP contribution in [-0.4, -0.2) is 17.8 Å². The topological polar surface area (TPSA) is 52.6 Å². The summed E-state index contributed by atoms with van der Waals surface area (Å²) in [5.74, 6) is -4.44. The molecule has 0 saturated heterocycles. The van der Waals surface area contributed by atoms with Gasteiger partial charge in [-0.2, -0.15) is 0 Å². The molecule has 0 atom stereocenters. The van der Waals surface area contributed by atoms with Gasteiger partial charge in [0.15, 0.2) is 11.6 Å². The number of ether oxygens (including phenoxy) is 2. The summed E-state index contributed by atoms with van der Waals surface area (Å²) in [4.78, 5) is 23.5. The molecular weight excluding hydrogens is 438 g/mol. The van der Waals surface area contributed by atoms with Gasteiger partial charge < -0.3 is 9.47 Å². The molecule has 3 rings (SSSR count). The SMILES string of the molecule is CCCCc1ccc(-c2ccc(C(=O)Oc3ccc(OC(=O)CCl)c(F)c3)c(F)c2)cc1. The molecule has 0 unspecified atom stereocenters. The number of halogens is 3. The minimum Gasteiger partial charge on any atom is -0.423 e. The minimum absolute atomic E-state index is 0.163. The van der Waals surface area contributed by atoms with Crippen molar-refractivity contribution < 1.29 is 27.8 Å². The molecule has 0 spiro atoms. The normalized spacial score (nSPS) is 10.6.